The highest BCUT2D eigenvalue weighted by atomic mass is 35.5. The first-order valence-corrected chi connectivity index (χ1v) is 12.9. The highest BCUT2D eigenvalue weighted by molar-refractivity contribution is 6.32. The van der Waals surface area contributed by atoms with Crippen molar-refractivity contribution in [2.75, 3.05) is 20.2 Å². The molecule has 0 unspecified atom stereocenters. The van der Waals surface area contributed by atoms with Gasteiger partial charge >= 0.3 is 0 Å². The number of amides is 1. The Kier molecular flexibility index (Phi) is 9.11. The quantitative estimate of drug-likeness (QED) is 0.0988. The van der Waals surface area contributed by atoms with Gasteiger partial charge in [0.1, 0.15) is 18.2 Å². The van der Waals surface area contributed by atoms with Gasteiger partial charge in [0.25, 0.3) is 5.91 Å². The van der Waals surface area contributed by atoms with Gasteiger partial charge in [-0.15, -0.1) is 0 Å². The molecule has 9 heteroatoms. The van der Waals surface area contributed by atoms with Crippen LogP contribution in [0.1, 0.15) is 37.0 Å². The molecule has 1 aromatic heterocycles. The minimum atomic E-state index is -0.514. The fourth-order valence-electron chi connectivity index (χ4n) is 4.32. The maximum absolute atomic E-state index is 14.4. The number of hydrogen-bond donors (Lipinski definition) is 2. The molecule has 3 aromatic carbocycles. The SMILES string of the molecule is CC=CC(=O)N(C)NCCOc1ccc(/C(=C(/CC)c2ccc(F)cc2Cl)c2ccc3n[nH]c(F)c3c2)cc1. The summed E-state index contributed by atoms with van der Waals surface area (Å²) in [6.45, 7) is 4.56. The highest BCUT2D eigenvalue weighted by Crippen LogP contribution is 2.38. The second-order valence-electron chi connectivity index (χ2n) is 8.78. The summed E-state index contributed by atoms with van der Waals surface area (Å²) in [5, 5.41) is 8.44. The number of fused-ring (bicyclic) bond motifs is 1. The van der Waals surface area contributed by atoms with Crippen LogP contribution in [-0.2, 0) is 4.79 Å². The van der Waals surface area contributed by atoms with Crippen molar-refractivity contribution in [1.29, 1.82) is 0 Å². The van der Waals surface area contributed by atoms with Gasteiger partial charge in [-0.3, -0.25) is 14.9 Å². The second-order valence-corrected chi connectivity index (χ2v) is 9.19. The number of likely N-dealkylation sites (N-methyl/N-ethyl adjacent to an activating group) is 1. The normalized spacial score (nSPS) is 12.2. The van der Waals surface area contributed by atoms with Crippen molar-refractivity contribution in [1.82, 2.24) is 20.6 Å². The molecule has 0 aliphatic heterocycles. The van der Waals surface area contributed by atoms with E-state index in [2.05, 4.69) is 15.6 Å². The third-order valence-corrected chi connectivity index (χ3v) is 6.52. The van der Waals surface area contributed by atoms with Gasteiger partial charge in [0.15, 0.2) is 0 Å². The molecule has 1 heterocycles. The molecule has 0 atom stereocenters. The zero-order valence-corrected chi connectivity index (χ0v) is 22.7. The smallest absolute Gasteiger partial charge is 0.260 e. The number of carbonyl (C=O) groups is 1. The van der Waals surface area contributed by atoms with E-state index in [1.54, 1.807) is 38.2 Å². The number of nitrogens with one attached hydrogen (secondary N) is 2. The summed E-state index contributed by atoms with van der Waals surface area (Å²) < 4.78 is 34.1. The number of carbonyl (C=O) groups excluding carboxylic acids is 1. The summed E-state index contributed by atoms with van der Waals surface area (Å²) in [4.78, 5) is 11.8. The molecule has 0 saturated carbocycles. The minimum Gasteiger partial charge on any atom is -0.492 e. The molecule has 0 aliphatic carbocycles. The van der Waals surface area contributed by atoms with Gasteiger partial charge in [0.05, 0.1) is 15.9 Å². The number of H-pyrrole nitrogens is 1. The molecular weight excluding hydrogens is 522 g/mol. The van der Waals surface area contributed by atoms with Gasteiger partial charge < -0.3 is 4.74 Å². The lowest BCUT2D eigenvalue weighted by molar-refractivity contribution is -0.127. The van der Waals surface area contributed by atoms with E-state index >= 15 is 0 Å². The number of aromatic nitrogens is 2. The summed E-state index contributed by atoms with van der Waals surface area (Å²) in [7, 11) is 1.65. The second kappa shape index (κ2) is 12.7. The zero-order chi connectivity index (χ0) is 27.9. The summed E-state index contributed by atoms with van der Waals surface area (Å²) in [5.41, 5.74) is 7.55. The van der Waals surface area contributed by atoms with Crippen LogP contribution in [-0.4, -0.2) is 41.3 Å². The molecule has 2 N–H and O–H groups in total. The van der Waals surface area contributed by atoms with E-state index in [-0.39, 0.29) is 5.91 Å². The zero-order valence-electron chi connectivity index (χ0n) is 21.9. The van der Waals surface area contributed by atoms with Crippen LogP contribution in [0.4, 0.5) is 8.78 Å². The number of ether oxygens (including phenoxy) is 1. The molecule has 0 saturated heterocycles. The minimum absolute atomic E-state index is 0.150. The van der Waals surface area contributed by atoms with Crippen molar-refractivity contribution in [3.05, 3.63) is 106 Å². The number of benzene rings is 3. The van der Waals surface area contributed by atoms with Crippen molar-refractivity contribution < 1.29 is 18.3 Å². The predicted molar refractivity (Wildman–Crippen MR) is 151 cm³/mol. The Labute approximate surface area is 230 Å². The lowest BCUT2D eigenvalue weighted by Crippen LogP contribution is -2.40. The molecule has 1 amide bonds. The van der Waals surface area contributed by atoms with Gasteiger partial charge in [-0.05, 0) is 77.6 Å². The van der Waals surface area contributed by atoms with Crippen LogP contribution in [0, 0.1) is 11.8 Å². The van der Waals surface area contributed by atoms with Crippen LogP contribution in [0.15, 0.2) is 72.8 Å². The first-order valence-electron chi connectivity index (χ1n) is 12.5. The average Bonchev–Trinajstić information content (AvgIpc) is 3.30. The molecule has 0 bridgehead atoms. The molecule has 0 spiro atoms. The summed E-state index contributed by atoms with van der Waals surface area (Å²) >= 11 is 6.48. The topological polar surface area (TPSA) is 70.2 Å². The van der Waals surface area contributed by atoms with Crippen LogP contribution in [0.25, 0.3) is 22.0 Å². The molecule has 0 radical (unpaired) electrons. The molecule has 0 aliphatic rings. The molecule has 39 heavy (non-hydrogen) atoms. The maximum Gasteiger partial charge on any atom is 0.260 e. The Hall–Kier alpha value is -4.01. The number of hydrogen-bond acceptors (Lipinski definition) is 4. The molecule has 6 nitrogen and oxygen atoms in total. The number of hydrazine groups is 1. The van der Waals surface area contributed by atoms with E-state index in [4.69, 9.17) is 16.3 Å². The number of allylic oxidation sites excluding steroid dienone is 2. The van der Waals surface area contributed by atoms with E-state index in [0.29, 0.717) is 46.8 Å². The van der Waals surface area contributed by atoms with Crippen molar-refractivity contribution in [3.63, 3.8) is 0 Å². The number of nitrogens with zero attached hydrogens (tertiary/aromatic N) is 2. The fourth-order valence-corrected chi connectivity index (χ4v) is 4.60. The van der Waals surface area contributed by atoms with Crippen molar-refractivity contribution in [3.8, 4) is 5.75 Å². The highest BCUT2D eigenvalue weighted by Gasteiger charge is 2.17. The van der Waals surface area contributed by atoms with Crippen molar-refractivity contribution in [2.45, 2.75) is 20.3 Å². The Bertz CT molecular complexity index is 1530. The fraction of sp³-hybridized carbons (Fsp3) is 0.200. The maximum atomic E-state index is 14.4. The summed E-state index contributed by atoms with van der Waals surface area (Å²) in [5.74, 6) is -0.435. The molecule has 4 aromatic rings. The number of aromatic amines is 1. The Morgan fingerprint density at radius 2 is 1.85 bits per heavy atom. The first kappa shape index (κ1) is 28.0. The largest absolute Gasteiger partial charge is 0.492 e. The van der Waals surface area contributed by atoms with Crippen LogP contribution >= 0.6 is 11.6 Å². The third kappa shape index (κ3) is 6.53. The van der Waals surface area contributed by atoms with Gasteiger partial charge in [-0.1, -0.05) is 48.9 Å². The van der Waals surface area contributed by atoms with Crippen LogP contribution in [0.2, 0.25) is 5.02 Å². The molecular formula is C30H29ClF2N4O2. The van der Waals surface area contributed by atoms with E-state index in [1.807, 2.05) is 37.3 Å². The number of rotatable bonds is 10. The Morgan fingerprint density at radius 1 is 1.10 bits per heavy atom. The van der Waals surface area contributed by atoms with Gasteiger partial charge in [-0.25, -0.2) is 9.82 Å². The van der Waals surface area contributed by atoms with Crippen molar-refractivity contribution in [2.24, 2.45) is 0 Å². The molecule has 202 valence electrons. The Balaban J connectivity index is 1.66. The van der Waals surface area contributed by atoms with E-state index < -0.39 is 11.8 Å². The first-order chi connectivity index (χ1) is 18.8. The van der Waals surface area contributed by atoms with E-state index in [1.165, 1.54) is 23.2 Å². The van der Waals surface area contributed by atoms with Gasteiger partial charge in [0, 0.05) is 19.7 Å². The lowest BCUT2D eigenvalue weighted by atomic mass is 9.87. The summed E-state index contributed by atoms with van der Waals surface area (Å²) in [6, 6.07) is 17.2. The van der Waals surface area contributed by atoms with Crippen LogP contribution in [0.5, 0.6) is 5.75 Å². The summed E-state index contributed by atoms with van der Waals surface area (Å²) in [6.07, 6.45) is 3.75. The van der Waals surface area contributed by atoms with Crippen LogP contribution < -0.4 is 10.2 Å². The predicted octanol–water partition coefficient (Wildman–Crippen LogP) is 6.78. The monoisotopic (exact) mass is 550 g/mol. The standard InChI is InChI=1S/C30H29ClF2N4O2/c1-4-6-28(38)37(3)34-15-16-39-22-11-7-19(8-12-22)29(20-9-14-27-25(17-20)30(33)36-35-27)23(5-2)24-13-10-21(32)18-26(24)31/h4,6-14,17-18,34H,5,15-16H2,1-3H3,(H,35,36)/b6-4?,29-23+. The van der Waals surface area contributed by atoms with E-state index in [9.17, 15) is 13.6 Å². The Morgan fingerprint density at radius 3 is 2.54 bits per heavy atom. The third-order valence-electron chi connectivity index (χ3n) is 6.21. The van der Waals surface area contributed by atoms with Crippen molar-refractivity contribution >= 4 is 39.6 Å². The molecule has 4 rings (SSSR count). The average molecular weight is 551 g/mol. The van der Waals surface area contributed by atoms with Crippen LogP contribution in [0.3, 0.4) is 0 Å². The number of halogens is 3. The van der Waals surface area contributed by atoms with Gasteiger partial charge in [0.2, 0.25) is 5.95 Å². The van der Waals surface area contributed by atoms with E-state index in [0.717, 1.165) is 22.3 Å². The molecule has 0 fully saturated rings. The lowest BCUT2D eigenvalue weighted by Gasteiger charge is -2.18. The van der Waals surface area contributed by atoms with Gasteiger partial charge in [-0.2, -0.15) is 9.49 Å².